The monoisotopic (exact) mass is 286 g/mol. The first kappa shape index (κ1) is 15.7. The van der Waals surface area contributed by atoms with Crippen molar-refractivity contribution in [2.75, 3.05) is 0 Å². The zero-order chi connectivity index (χ0) is 14.4. The molecular formula is C13H19ClN2O3. The molecule has 0 amide bonds. The van der Waals surface area contributed by atoms with Gasteiger partial charge in [0.05, 0.1) is 0 Å². The molecule has 0 atom stereocenters. The van der Waals surface area contributed by atoms with Gasteiger partial charge >= 0.3 is 5.69 Å². The highest BCUT2D eigenvalue weighted by Crippen LogP contribution is 2.09. The lowest BCUT2D eigenvalue weighted by Gasteiger charge is -2.13. The fourth-order valence-corrected chi connectivity index (χ4v) is 2.10. The topological polar surface area (TPSA) is 61.1 Å². The number of nitrogens with zero attached hydrogens (tertiary/aromatic N) is 2. The summed E-state index contributed by atoms with van der Waals surface area (Å²) in [5, 5.41) is -0.0498. The Bertz CT molecular complexity index is 560. The van der Waals surface area contributed by atoms with Crippen LogP contribution < -0.4 is 11.2 Å². The van der Waals surface area contributed by atoms with E-state index in [1.54, 1.807) is 0 Å². The predicted octanol–water partition coefficient (Wildman–Crippen LogP) is 2.08. The molecule has 1 aromatic heterocycles. The fourth-order valence-electron chi connectivity index (χ4n) is 1.82. The number of unbranched alkanes of at least 4 members (excludes halogenated alkanes) is 2. The summed E-state index contributed by atoms with van der Waals surface area (Å²) < 4.78 is 2.42. The van der Waals surface area contributed by atoms with Crippen LogP contribution in [0.3, 0.4) is 0 Å². The van der Waals surface area contributed by atoms with Gasteiger partial charge in [0.25, 0.3) is 5.56 Å². The molecule has 0 unspecified atom stereocenters. The van der Waals surface area contributed by atoms with E-state index in [1.807, 2.05) is 13.8 Å². The van der Waals surface area contributed by atoms with Gasteiger partial charge in [-0.05, 0) is 12.8 Å². The molecule has 5 nitrogen and oxygen atoms in total. The van der Waals surface area contributed by atoms with Crippen LogP contribution in [-0.2, 0) is 13.1 Å². The maximum atomic E-state index is 12.2. The second-order valence-electron chi connectivity index (χ2n) is 4.42. The summed E-state index contributed by atoms with van der Waals surface area (Å²) in [5.41, 5.74) is -1.15. The molecule has 0 fully saturated rings. The van der Waals surface area contributed by atoms with Gasteiger partial charge in [0.2, 0.25) is 0 Å². The van der Waals surface area contributed by atoms with Crippen LogP contribution in [0.5, 0.6) is 0 Å². The lowest BCUT2D eigenvalue weighted by molar-refractivity contribution is 0.112. The largest absolute Gasteiger partial charge is 0.332 e. The number of halogens is 1. The third-order valence-corrected chi connectivity index (χ3v) is 3.39. The Kier molecular flexibility index (Phi) is 6.02. The minimum Gasteiger partial charge on any atom is -0.298 e. The highest BCUT2D eigenvalue weighted by Gasteiger charge is 2.16. The Morgan fingerprint density at radius 1 is 1.05 bits per heavy atom. The average molecular weight is 287 g/mol. The number of carbonyl (C=O) groups is 1. The molecule has 1 rings (SSSR count). The van der Waals surface area contributed by atoms with Crippen LogP contribution in [0.4, 0.5) is 0 Å². The van der Waals surface area contributed by atoms with E-state index in [2.05, 4.69) is 0 Å². The summed E-state index contributed by atoms with van der Waals surface area (Å²) in [7, 11) is 0. The number of hydrogen-bond acceptors (Lipinski definition) is 3. The van der Waals surface area contributed by atoms with Crippen molar-refractivity contribution in [1.29, 1.82) is 0 Å². The average Bonchev–Trinajstić information content (AvgIpc) is 2.39. The standard InChI is InChI=1S/C13H19ClN2O3/c1-3-5-7-15-11(14)10(9-17)12(18)16(13(15)19)8-6-4-2/h9H,3-8H2,1-2H3. The van der Waals surface area contributed by atoms with Gasteiger partial charge in [-0.3, -0.25) is 18.7 Å². The Balaban J connectivity index is 3.42. The summed E-state index contributed by atoms with van der Waals surface area (Å²) in [6.45, 7) is 4.70. The first-order chi connectivity index (χ1) is 9.08. The van der Waals surface area contributed by atoms with Gasteiger partial charge in [-0.1, -0.05) is 38.3 Å². The van der Waals surface area contributed by atoms with E-state index in [-0.39, 0.29) is 10.7 Å². The van der Waals surface area contributed by atoms with Crippen LogP contribution in [0.15, 0.2) is 9.59 Å². The van der Waals surface area contributed by atoms with Gasteiger partial charge in [0.15, 0.2) is 6.29 Å². The summed E-state index contributed by atoms with van der Waals surface area (Å²) in [5.74, 6) is 0. The minimum absolute atomic E-state index is 0.0498. The molecule has 0 radical (unpaired) electrons. The normalized spacial score (nSPS) is 10.7. The molecule has 0 aliphatic heterocycles. The summed E-state index contributed by atoms with van der Waals surface area (Å²) in [6.07, 6.45) is 3.66. The van der Waals surface area contributed by atoms with Crippen molar-refractivity contribution >= 4 is 17.9 Å². The first-order valence-corrected chi connectivity index (χ1v) is 6.94. The third-order valence-electron chi connectivity index (χ3n) is 2.98. The van der Waals surface area contributed by atoms with E-state index >= 15 is 0 Å². The number of aldehydes is 1. The highest BCUT2D eigenvalue weighted by atomic mass is 35.5. The Morgan fingerprint density at radius 3 is 2.05 bits per heavy atom. The SMILES string of the molecule is CCCCn1c(Cl)c(C=O)c(=O)n(CCCC)c1=O. The van der Waals surface area contributed by atoms with E-state index in [4.69, 9.17) is 11.6 Å². The fraction of sp³-hybridized carbons (Fsp3) is 0.615. The maximum absolute atomic E-state index is 12.2. The minimum atomic E-state index is -0.591. The molecule has 0 saturated heterocycles. The van der Waals surface area contributed by atoms with Crippen molar-refractivity contribution in [1.82, 2.24) is 9.13 Å². The van der Waals surface area contributed by atoms with Gasteiger partial charge in [0, 0.05) is 13.1 Å². The molecule has 0 N–H and O–H groups in total. The lowest BCUT2D eigenvalue weighted by atomic mass is 10.3. The van der Waals surface area contributed by atoms with Crippen LogP contribution in [0.25, 0.3) is 0 Å². The second-order valence-corrected chi connectivity index (χ2v) is 4.78. The van der Waals surface area contributed by atoms with Gasteiger partial charge in [0.1, 0.15) is 10.7 Å². The van der Waals surface area contributed by atoms with E-state index in [0.717, 1.165) is 23.8 Å². The molecule has 0 aliphatic rings. The van der Waals surface area contributed by atoms with Crippen LogP contribution in [0, 0.1) is 0 Å². The van der Waals surface area contributed by atoms with Crippen molar-refractivity contribution in [3.8, 4) is 0 Å². The van der Waals surface area contributed by atoms with Crippen molar-refractivity contribution in [3.05, 3.63) is 31.6 Å². The van der Waals surface area contributed by atoms with Gasteiger partial charge in [-0.2, -0.15) is 0 Å². The first-order valence-electron chi connectivity index (χ1n) is 6.56. The summed E-state index contributed by atoms with van der Waals surface area (Å²) >= 11 is 5.98. The van der Waals surface area contributed by atoms with Crippen molar-refractivity contribution < 1.29 is 4.79 Å². The zero-order valence-electron chi connectivity index (χ0n) is 11.3. The molecule has 0 bridgehead atoms. The molecular weight excluding hydrogens is 268 g/mol. The zero-order valence-corrected chi connectivity index (χ0v) is 12.1. The van der Waals surface area contributed by atoms with Gasteiger partial charge in [-0.15, -0.1) is 0 Å². The van der Waals surface area contributed by atoms with E-state index in [1.165, 1.54) is 4.57 Å². The number of hydrogen-bond donors (Lipinski definition) is 0. The van der Waals surface area contributed by atoms with Crippen molar-refractivity contribution in [3.63, 3.8) is 0 Å². The van der Waals surface area contributed by atoms with E-state index in [0.29, 0.717) is 25.8 Å². The molecule has 1 aromatic rings. The van der Waals surface area contributed by atoms with Crippen LogP contribution in [0.1, 0.15) is 49.9 Å². The van der Waals surface area contributed by atoms with Crippen LogP contribution in [0.2, 0.25) is 5.15 Å². The quantitative estimate of drug-likeness (QED) is 0.569. The Labute approximate surface area is 116 Å². The molecule has 0 aliphatic carbocycles. The second kappa shape index (κ2) is 7.28. The molecule has 106 valence electrons. The summed E-state index contributed by atoms with van der Waals surface area (Å²) in [6, 6.07) is 0. The Morgan fingerprint density at radius 2 is 1.58 bits per heavy atom. The van der Waals surface area contributed by atoms with Gasteiger partial charge < -0.3 is 0 Å². The molecule has 6 heteroatoms. The van der Waals surface area contributed by atoms with Crippen LogP contribution >= 0.6 is 11.6 Å². The third kappa shape index (κ3) is 3.35. The lowest BCUT2D eigenvalue weighted by Crippen LogP contribution is -2.42. The molecule has 1 heterocycles. The maximum Gasteiger partial charge on any atom is 0.332 e. The molecule has 0 aromatic carbocycles. The van der Waals surface area contributed by atoms with Crippen molar-refractivity contribution in [2.24, 2.45) is 0 Å². The number of rotatable bonds is 7. The highest BCUT2D eigenvalue weighted by molar-refractivity contribution is 6.31. The predicted molar refractivity (Wildman–Crippen MR) is 75.2 cm³/mol. The summed E-state index contributed by atoms with van der Waals surface area (Å²) in [4.78, 5) is 35.2. The molecule has 0 spiro atoms. The number of aromatic nitrogens is 2. The Hall–Kier alpha value is -1.36. The van der Waals surface area contributed by atoms with E-state index in [9.17, 15) is 14.4 Å². The number of carbonyl (C=O) groups excluding carboxylic acids is 1. The van der Waals surface area contributed by atoms with Crippen LogP contribution in [-0.4, -0.2) is 15.4 Å². The smallest absolute Gasteiger partial charge is 0.298 e. The van der Waals surface area contributed by atoms with Crippen molar-refractivity contribution in [2.45, 2.75) is 52.6 Å². The molecule has 19 heavy (non-hydrogen) atoms. The molecule has 0 saturated carbocycles. The van der Waals surface area contributed by atoms with Gasteiger partial charge in [-0.25, -0.2) is 4.79 Å². The van der Waals surface area contributed by atoms with E-state index < -0.39 is 11.2 Å².